The largest absolute Gasteiger partial charge is 0.308 e. The highest BCUT2D eigenvalue weighted by atomic mass is 16.2. The molecule has 1 unspecified atom stereocenters. The Morgan fingerprint density at radius 1 is 1.44 bits per heavy atom. The van der Waals surface area contributed by atoms with Crippen LogP contribution in [0.15, 0.2) is 24.3 Å². The number of carbonyl (C=O) groups excluding carboxylic acids is 1. The number of aryl methyl sites for hydroxylation is 1. The minimum Gasteiger partial charge on any atom is -0.308 e. The predicted octanol–water partition coefficient (Wildman–Crippen LogP) is 2.40. The predicted molar refractivity (Wildman–Crippen MR) is 61.9 cm³/mol. The molecule has 1 aliphatic heterocycles. The molecule has 1 aliphatic rings. The number of amides is 1. The van der Waals surface area contributed by atoms with Crippen molar-refractivity contribution in [1.29, 1.82) is 5.26 Å². The van der Waals surface area contributed by atoms with Crippen LogP contribution in [0.4, 0.5) is 5.69 Å². The first kappa shape index (κ1) is 10.7. The van der Waals surface area contributed by atoms with E-state index in [4.69, 9.17) is 5.26 Å². The Hall–Kier alpha value is -1.82. The van der Waals surface area contributed by atoms with Gasteiger partial charge in [0.1, 0.15) is 0 Å². The number of hydrogen-bond acceptors (Lipinski definition) is 2. The minimum atomic E-state index is 0.0557. The summed E-state index contributed by atoms with van der Waals surface area (Å²) in [6, 6.07) is 10.1. The number of hydrogen-bond donors (Lipinski definition) is 0. The second-order valence-electron chi connectivity index (χ2n) is 4.15. The van der Waals surface area contributed by atoms with Crippen molar-refractivity contribution in [3.05, 3.63) is 29.8 Å². The van der Waals surface area contributed by atoms with E-state index in [-0.39, 0.29) is 11.9 Å². The molecule has 0 radical (unpaired) electrons. The average molecular weight is 214 g/mol. The summed E-state index contributed by atoms with van der Waals surface area (Å²) < 4.78 is 0. The molecule has 3 nitrogen and oxygen atoms in total. The topological polar surface area (TPSA) is 44.1 Å². The number of benzene rings is 1. The van der Waals surface area contributed by atoms with Gasteiger partial charge in [-0.25, -0.2) is 0 Å². The average Bonchev–Trinajstić information content (AvgIpc) is 2.62. The first-order valence-electron chi connectivity index (χ1n) is 5.48. The lowest BCUT2D eigenvalue weighted by molar-refractivity contribution is -0.117. The number of nitriles is 1. The van der Waals surface area contributed by atoms with E-state index in [1.54, 1.807) is 4.90 Å². The van der Waals surface area contributed by atoms with E-state index in [9.17, 15) is 4.79 Å². The summed E-state index contributed by atoms with van der Waals surface area (Å²) in [5.41, 5.74) is 2.08. The number of rotatable bonds is 2. The summed E-state index contributed by atoms with van der Waals surface area (Å²) in [6.45, 7) is 2.02. The van der Waals surface area contributed by atoms with Gasteiger partial charge in [-0.2, -0.15) is 5.26 Å². The Morgan fingerprint density at radius 2 is 2.12 bits per heavy atom. The maximum atomic E-state index is 11.8. The fourth-order valence-corrected chi connectivity index (χ4v) is 2.10. The highest BCUT2D eigenvalue weighted by Crippen LogP contribution is 2.28. The van der Waals surface area contributed by atoms with Crippen LogP contribution in [-0.2, 0) is 4.79 Å². The zero-order valence-corrected chi connectivity index (χ0v) is 9.31. The van der Waals surface area contributed by atoms with Crippen LogP contribution in [-0.4, -0.2) is 11.9 Å². The van der Waals surface area contributed by atoms with Crippen molar-refractivity contribution < 1.29 is 4.79 Å². The van der Waals surface area contributed by atoms with E-state index in [2.05, 4.69) is 6.07 Å². The van der Waals surface area contributed by atoms with Gasteiger partial charge in [0, 0.05) is 12.1 Å². The molecule has 1 heterocycles. The van der Waals surface area contributed by atoms with E-state index in [1.807, 2.05) is 31.2 Å². The lowest BCUT2D eigenvalue weighted by atomic mass is 10.1. The molecule has 2 rings (SSSR count). The Bertz CT molecular complexity index is 430. The molecule has 1 aromatic rings. The van der Waals surface area contributed by atoms with Gasteiger partial charge < -0.3 is 4.90 Å². The van der Waals surface area contributed by atoms with Crippen LogP contribution in [0.1, 0.15) is 24.8 Å². The van der Waals surface area contributed by atoms with E-state index in [0.29, 0.717) is 12.8 Å². The number of nitrogens with zero attached hydrogens (tertiary/aromatic N) is 2. The van der Waals surface area contributed by atoms with Crippen molar-refractivity contribution in [2.24, 2.45) is 0 Å². The van der Waals surface area contributed by atoms with Gasteiger partial charge in [-0.3, -0.25) is 4.79 Å². The number of anilines is 1. The normalized spacial score (nSPS) is 19.9. The Morgan fingerprint density at radius 3 is 2.75 bits per heavy atom. The molecule has 1 atom stereocenters. The fourth-order valence-electron chi connectivity index (χ4n) is 2.10. The monoisotopic (exact) mass is 214 g/mol. The zero-order chi connectivity index (χ0) is 11.5. The third-order valence-electron chi connectivity index (χ3n) is 2.96. The summed E-state index contributed by atoms with van der Waals surface area (Å²) >= 11 is 0. The maximum Gasteiger partial charge on any atom is 0.227 e. The van der Waals surface area contributed by atoms with Crippen molar-refractivity contribution in [3.63, 3.8) is 0 Å². The van der Waals surface area contributed by atoms with Crippen LogP contribution < -0.4 is 4.90 Å². The van der Waals surface area contributed by atoms with Gasteiger partial charge in [0.25, 0.3) is 0 Å². The Labute approximate surface area is 95.3 Å². The van der Waals surface area contributed by atoms with Gasteiger partial charge in [0.15, 0.2) is 0 Å². The standard InChI is InChI=1S/C13H14N2O/c1-10-2-4-11(5-3-10)15-12(8-9-14)6-7-13(15)16/h2-5,12H,6-8H2,1H3. The molecule has 0 aliphatic carbocycles. The molecular weight excluding hydrogens is 200 g/mol. The van der Waals surface area contributed by atoms with Crippen LogP contribution in [0.2, 0.25) is 0 Å². The SMILES string of the molecule is Cc1ccc(N2C(=O)CCC2CC#N)cc1. The lowest BCUT2D eigenvalue weighted by Crippen LogP contribution is -2.32. The molecule has 3 heteroatoms. The molecule has 1 saturated heterocycles. The summed E-state index contributed by atoms with van der Waals surface area (Å²) in [6.07, 6.45) is 1.76. The van der Waals surface area contributed by atoms with Gasteiger partial charge in [0.05, 0.1) is 18.5 Å². The van der Waals surface area contributed by atoms with Gasteiger partial charge in [-0.15, -0.1) is 0 Å². The van der Waals surface area contributed by atoms with Crippen molar-refractivity contribution >= 4 is 11.6 Å². The maximum absolute atomic E-state index is 11.8. The summed E-state index contributed by atoms with van der Waals surface area (Å²) in [4.78, 5) is 13.5. The van der Waals surface area contributed by atoms with Crippen molar-refractivity contribution in [2.45, 2.75) is 32.2 Å². The van der Waals surface area contributed by atoms with E-state index < -0.39 is 0 Å². The molecule has 0 aromatic heterocycles. The smallest absolute Gasteiger partial charge is 0.227 e. The van der Waals surface area contributed by atoms with Crippen LogP contribution in [0.3, 0.4) is 0 Å². The summed E-state index contributed by atoms with van der Waals surface area (Å²) in [5, 5.41) is 8.73. The number of carbonyl (C=O) groups is 1. The fraction of sp³-hybridized carbons (Fsp3) is 0.385. The minimum absolute atomic E-state index is 0.0557. The Kier molecular flexibility index (Phi) is 2.91. The second-order valence-corrected chi connectivity index (χ2v) is 4.15. The lowest BCUT2D eigenvalue weighted by Gasteiger charge is -2.23. The molecule has 1 fully saturated rings. The van der Waals surface area contributed by atoms with Crippen molar-refractivity contribution in [2.75, 3.05) is 4.90 Å². The van der Waals surface area contributed by atoms with E-state index in [0.717, 1.165) is 12.1 Å². The molecule has 82 valence electrons. The van der Waals surface area contributed by atoms with E-state index in [1.165, 1.54) is 5.56 Å². The molecule has 16 heavy (non-hydrogen) atoms. The first-order chi connectivity index (χ1) is 7.72. The highest BCUT2D eigenvalue weighted by Gasteiger charge is 2.31. The van der Waals surface area contributed by atoms with E-state index >= 15 is 0 Å². The van der Waals surface area contributed by atoms with Crippen LogP contribution in [0.25, 0.3) is 0 Å². The molecule has 0 bridgehead atoms. The van der Waals surface area contributed by atoms with Gasteiger partial charge in [0.2, 0.25) is 5.91 Å². The molecule has 0 spiro atoms. The molecule has 1 aromatic carbocycles. The van der Waals surface area contributed by atoms with Crippen LogP contribution in [0.5, 0.6) is 0 Å². The second kappa shape index (κ2) is 4.36. The van der Waals surface area contributed by atoms with Crippen molar-refractivity contribution in [3.8, 4) is 6.07 Å². The van der Waals surface area contributed by atoms with Gasteiger partial charge in [-0.05, 0) is 25.5 Å². The van der Waals surface area contributed by atoms with Gasteiger partial charge in [-0.1, -0.05) is 17.7 Å². The zero-order valence-electron chi connectivity index (χ0n) is 9.31. The molecular formula is C13H14N2O. The first-order valence-corrected chi connectivity index (χ1v) is 5.48. The van der Waals surface area contributed by atoms with Crippen LogP contribution in [0, 0.1) is 18.3 Å². The summed E-state index contributed by atoms with van der Waals surface area (Å²) in [7, 11) is 0. The quantitative estimate of drug-likeness (QED) is 0.758. The molecule has 1 amide bonds. The summed E-state index contributed by atoms with van der Waals surface area (Å²) in [5.74, 6) is 0.129. The van der Waals surface area contributed by atoms with Gasteiger partial charge >= 0.3 is 0 Å². The molecule has 0 N–H and O–H groups in total. The third kappa shape index (κ3) is 1.92. The highest BCUT2D eigenvalue weighted by molar-refractivity contribution is 5.96. The molecule has 0 saturated carbocycles. The Balaban J connectivity index is 2.27. The van der Waals surface area contributed by atoms with Crippen LogP contribution >= 0.6 is 0 Å². The third-order valence-corrected chi connectivity index (χ3v) is 2.96. The van der Waals surface area contributed by atoms with Crippen molar-refractivity contribution in [1.82, 2.24) is 0 Å².